The van der Waals surface area contributed by atoms with E-state index in [1.807, 2.05) is 30.3 Å². The van der Waals surface area contributed by atoms with Gasteiger partial charge in [0.05, 0.1) is 17.4 Å². The molecule has 10 heteroatoms. The highest BCUT2D eigenvalue weighted by molar-refractivity contribution is 7.89. The molecule has 178 valence electrons. The highest BCUT2D eigenvalue weighted by Crippen LogP contribution is 2.35. The molecule has 0 atom stereocenters. The van der Waals surface area contributed by atoms with E-state index in [1.165, 1.54) is 20.2 Å². The molecular weight excluding hydrogens is 458 g/mol. The van der Waals surface area contributed by atoms with Gasteiger partial charge in [-0.1, -0.05) is 57.2 Å². The van der Waals surface area contributed by atoms with E-state index in [0.717, 1.165) is 27.5 Å². The van der Waals surface area contributed by atoms with Gasteiger partial charge in [0, 0.05) is 20.6 Å². The van der Waals surface area contributed by atoms with Crippen molar-refractivity contribution in [1.29, 1.82) is 0 Å². The molecule has 0 aliphatic rings. The van der Waals surface area contributed by atoms with Crippen LogP contribution >= 0.6 is 11.7 Å². The lowest BCUT2D eigenvalue weighted by molar-refractivity contribution is 0.454. The predicted molar refractivity (Wildman–Crippen MR) is 136 cm³/mol. The van der Waals surface area contributed by atoms with Gasteiger partial charge in [-0.3, -0.25) is 0 Å². The van der Waals surface area contributed by atoms with Gasteiger partial charge in [-0.25, -0.2) is 12.7 Å². The molecule has 3 aromatic rings. The molecule has 0 aliphatic heterocycles. The molecule has 0 fully saturated rings. The summed E-state index contributed by atoms with van der Waals surface area (Å²) in [5.74, 6) is 1.39. The highest BCUT2D eigenvalue weighted by atomic mass is 32.2. The van der Waals surface area contributed by atoms with Crippen LogP contribution in [0.25, 0.3) is 0 Å². The molecule has 33 heavy (non-hydrogen) atoms. The second-order valence-corrected chi connectivity index (χ2v) is 10.2. The van der Waals surface area contributed by atoms with E-state index in [0.29, 0.717) is 18.2 Å². The number of hydrogen-bond acceptors (Lipinski definition) is 8. The molecule has 1 heterocycles. The predicted octanol–water partition coefficient (Wildman–Crippen LogP) is 4.76. The number of phenols is 1. The molecule has 0 bridgehead atoms. The van der Waals surface area contributed by atoms with Crippen LogP contribution in [0.5, 0.6) is 5.75 Å². The molecule has 0 amide bonds. The lowest BCUT2D eigenvalue weighted by Crippen LogP contribution is -2.22. The Hall–Kier alpha value is -3.13. The molecule has 0 aliphatic carbocycles. The average Bonchev–Trinajstić information content (AvgIpc) is 3.22. The number of para-hydroxylation sites is 1. The number of anilines is 3. The van der Waals surface area contributed by atoms with Crippen molar-refractivity contribution < 1.29 is 13.5 Å². The summed E-state index contributed by atoms with van der Waals surface area (Å²) in [6, 6.07) is 14.3. The van der Waals surface area contributed by atoms with Crippen LogP contribution in [-0.4, -0.2) is 40.7 Å². The first-order valence-electron chi connectivity index (χ1n) is 10.1. The average molecular weight is 490 g/mol. The van der Waals surface area contributed by atoms with E-state index in [2.05, 4.69) is 53.0 Å². The highest BCUT2D eigenvalue weighted by Gasteiger charge is 2.23. The first-order valence-corrected chi connectivity index (χ1v) is 12.2. The monoisotopic (exact) mass is 489 g/mol. The Kier molecular flexibility index (Phi) is 11.4. The Morgan fingerprint density at radius 2 is 1.58 bits per heavy atom. The van der Waals surface area contributed by atoms with Gasteiger partial charge in [-0.05, 0) is 23.6 Å². The van der Waals surface area contributed by atoms with Gasteiger partial charge in [-0.15, -0.1) is 12.8 Å². The molecule has 0 radical (unpaired) electrons. The number of terminal acetylenes is 1. The van der Waals surface area contributed by atoms with E-state index < -0.39 is 10.0 Å². The lowest BCUT2D eigenvalue weighted by atomic mass is 10.2. The van der Waals surface area contributed by atoms with E-state index in [9.17, 15) is 13.5 Å². The van der Waals surface area contributed by atoms with Crippen molar-refractivity contribution >= 4 is 39.1 Å². The van der Waals surface area contributed by atoms with Gasteiger partial charge >= 0.3 is 0 Å². The molecule has 0 spiro atoms. The van der Waals surface area contributed by atoms with Crippen LogP contribution in [0.4, 0.5) is 17.3 Å². The summed E-state index contributed by atoms with van der Waals surface area (Å²) in [6.07, 6.45) is 8.00. The molecule has 8 nitrogen and oxygen atoms in total. The van der Waals surface area contributed by atoms with E-state index in [1.54, 1.807) is 12.1 Å². The smallest absolute Gasteiger partial charge is 0.246 e. The fraction of sp³-hybridized carbons (Fsp3) is 0.304. The van der Waals surface area contributed by atoms with E-state index >= 15 is 0 Å². The number of nitrogens with one attached hydrogen (secondary N) is 2. The van der Waals surface area contributed by atoms with E-state index in [4.69, 9.17) is 0 Å². The minimum Gasteiger partial charge on any atom is -0.504 e. The SMILES string of the molecule is C#C.CC(C)C.CN(C)S(=O)(=O)c1cccc(Nc2nsnc2NCc2ccccc2)c1O. The number of aromatic hydroxyl groups is 1. The summed E-state index contributed by atoms with van der Waals surface area (Å²) in [7, 11) is -0.956. The molecule has 0 saturated carbocycles. The zero-order chi connectivity index (χ0) is 25.0. The molecule has 0 saturated heterocycles. The largest absolute Gasteiger partial charge is 0.504 e. The van der Waals surface area contributed by atoms with Gasteiger partial charge in [0.25, 0.3) is 0 Å². The summed E-state index contributed by atoms with van der Waals surface area (Å²) >= 11 is 1.01. The number of benzene rings is 2. The number of nitrogens with zero attached hydrogens (tertiary/aromatic N) is 3. The topological polar surface area (TPSA) is 107 Å². The van der Waals surface area contributed by atoms with Crippen LogP contribution in [-0.2, 0) is 16.6 Å². The first kappa shape index (κ1) is 27.9. The van der Waals surface area contributed by atoms with Gasteiger partial charge in [0.1, 0.15) is 4.90 Å². The third-order valence-electron chi connectivity index (χ3n) is 3.80. The van der Waals surface area contributed by atoms with Gasteiger partial charge < -0.3 is 15.7 Å². The Labute approximate surface area is 201 Å². The zero-order valence-electron chi connectivity index (χ0n) is 19.5. The van der Waals surface area contributed by atoms with Crippen LogP contribution in [0.3, 0.4) is 0 Å². The Morgan fingerprint density at radius 1 is 1.00 bits per heavy atom. The quantitative estimate of drug-likeness (QED) is 0.324. The Morgan fingerprint density at radius 3 is 2.15 bits per heavy atom. The van der Waals surface area contributed by atoms with Crippen molar-refractivity contribution in [2.45, 2.75) is 32.2 Å². The van der Waals surface area contributed by atoms with Gasteiger partial charge in [0.2, 0.25) is 10.0 Å². The fourth-order valence-electron chi connectivity index (χ4n) is 2.32. The number of aromatic nitrogens is 2. The Bertz CT molecular complexity index is 1110. The normalized spacial score (nSPS) is 10.6. The molecule has 1 aromatic heterocycles. The van der Waals surface area contributed by atoms with Crippen molar-refractivity contribution in [3.05, 3.63) is 54.1 Å². The van der Waals surface area contributed by atoms with Crippen LogP contribution in [0.1, 0.15) is 26.3 Å². The minimum atomic E-state index is -3.77. The molecule has 2 aromatic carbocycles. The summed E-state index contributed by atoms with van der Waals surface area (Å²) in [6.45, 7) is 7.06. The van der Waals surface area contributed by atoms with Crippen LogP contribution in [0.15, 0.2) is 53.4 Å². The standard InChI is InChI=1S/C17H19N5O3S2.C4H10.C2H2/c1-22(2)27(24,25)14-10-6-9-13(15(14)23)19-17-16(20-26-21-17)18-11-12-7-4-3-5-8-12;1-4(2)3;1-2/h3-10,23H,11H2,1-2H3,(H,18,20)(H,19,21);4H,1-3H3;1-2H. The third kappa shape index (κ3) is 8.38. The second-order valence-electron chi connectivity index (χ2n) is 7.60. The van der Waals surface area contributed by atoms with Crippen LogP contribution in [0.2, 0.25) is 0 Å². The number of hydrogen-bond donors (Lipinski definition) is 3. The summed E-state index contributed by atoms with van der Waals surface area (Å²) < 4.78 is 34.1. The lowest BCUT2D eigenvalue weighted by Gasteiger charge is -2.15. The summed E-state index contributed by atoms with van der Waals surface area (Å²) in [5, 5.41) is 16.6. The van der Waals surface area contributed by atoms with Crippen molar-refractivity contribution in [2.24, 2.45) is 5.92 Å². The zero-order valence-corrected chi connectivity index (χ0v) is 21.1. The Balaban J connectivity index is 0.000000820. The van der Waals surface area contributed by atoms with Crippen molar-refractivity contribution in [3.63, 3.8) is 0 Å². The van der Waals surface area contributed by atoms with Gasteiger partial charge in [0.15, 0.2) is 17.4 Å². The number of rotatable bonds is 7. The third-order valence-corrected chi connectivity index (χ3v) is 6.18. The van der Waals surface area contributed by atoms with Crippen molar-refractivity contribution in [2.75, 3.05) is 24.7 Å². The first-order chi connectivity index (χ1) is 15.6. The number of sulfonamides is 1. The second kappa shape index (κ2) is 13.4. The van der Waals surface area contributed by atoms with Crippen LogP contribution < -0.4 is 10.6 Å². The van der Waals surface area contributed by atoms with Crippen molar-refractivity contribution in [3.8, 4) is 18.6 Å². The molecule has 3 N–H and O–H groups in total. The van der Waals surface area contributed by atoms with Gasteiger partial charge in [-0.2, -0.15) is 8.75 Å². The maximum absolute atomic E-state index is 12.3. The molecule has 0 unspecified atom stereocenters. The molecule has 3 rings (SSSR count). The van der Waals surface area contributed by atoms with E-state index in [-0.39, 0.29) is 16.3 Å². The minimum absolute atomic E-state index is 0.181. The van der Waals surface area contributed by atoms with Crippen LogP contribution in [0, 0.1) is 18.8 Å². The van der Waals surface area contributed by atoms with Crippen molar-refractivity contribution in [1.82, 2.24) is 13.1 Å². The maximum atomic E-state index is 12.3. The maximum Gasteiger partial charge on any atom is 0.246 e. The molecular formula is C23H31N5O3S2. The number of phenolic OH excluding ortho intramolecular Hbond substituents is 1. The summed E-state index contributed by atoms with van der Waals surface area (Å²) in [5.41, 5.74) is 1.31. The summed E-state index contributed by atoms with van der Waals surface area (Å²) in [4.78, 5) is -0.181. The fourth-order valence-corrected chi connectivity index (χ4v) is 3.81.